The molecule has 19 aromatic rings. The molecule has 115 heavy (non-hydrogen) atoms. The van der Waals surface area contributed by atoms with Gasteiger partial charge in [0.25, 0.3) is 0 Å². The summed E-state index contributed by atoms with van der Waals surface area (Å²) in [5.41, 5.74) is 31.2. The number of rotatable bonds is 9. The maximum absolute atomic E-state index is 7.07. The van der Waals surface area contributed by atoms with Crippen LogP contribution in [-0.4, -0.2) is 19.9 Å². The zero-order valence-electron chi connectivity index (χ0n) is 62.3. The molecule has 1 unspecified atom stereocenters. The van der Waals surface area contributed by atoms with Crippen LogP contribution in [0.4, 0.5) is 0 Å². The summed E-state index contributed by atoms with van der Waals surface area (Å²) in [4.78, 5) is 21.7. The van der Waals surface area contributed by atoms with Crippen LogP contribution in [0, 0.1) is 0 Å². The Morgan fingerprint density at radius 2 is 0.626 bits per heavy atom. The van der Waals surface area contributed by atoms with E-state index in [2.05, 4.69) is 382 Å². The van der Waals surface area contributed by atoms with Crippen LogP contribution in [0.5, 0.6) is 23.0 Å². The van der Waals surface area contributed by atoms with E-state index in [9.17, 15) is 0 Å². The standard InChI is InChI=1S/C109H66N4O2/c1-2-21-69(22-3-1)106-110-98(65-100(113-106)82-59-80-29-16-23-68-24-17-30-81(60-82)105(68)80)78-28-19-26-72(57-78)75-51-55-104-96(63-75)109(93-39-13-15-41-102(93)115-104)91-37-11-8-34-87(91)88-53-48-73(61-94(88)109)66-42-45-70(46-43-66)107-111-97(64-99(112-107)79-49-52-84-76(58-79)47-44-67-20-4-5-31-83(67)84)77-27-18-25-71(56-77)74-50-54-103-95(62-74)108(92-38-12-14-40-101(92)114-103)89-35-9-6-32-85(89)86-33-7-10-36-90(86)108/h1-23,25-65H,24H2. The molecule has 0 saturated carbocycles. The predicted molar refractivity (Wildman–Crippen MR) is 467 cm³/mol. The summed E-state index contributed by atoms with van der Waals surface area (Å²) in [5, 5.41) is 7.31. The minimum atomic E-state index is -0.754. The minimum Gasteiger partial charge on any atom is -0.457 e. The fourth-order valence-electron chi connectivity index (χ4n) is 19.6. The third-order valence-corrected chi connectivity index (χ3v) is 24.8. The van der Waals surface area contributed by atoms with Crippen molar-refractivity contribution in [1.82, 2.24) is 19.9 Å². The second-order valence-corrected chi connectivity index (χ2v) is 31.0. The molecule has 0 amide bonds. The van der Waals surface area contributed by atoms with E-state index in [1.54, 1.807) is 0 Å². The minimum absolute atomic E-state index is 0.595. The van der Waals surface area contributed by atoms with E-state index in [0.29, 0.717) is 11.6 Å². The van der Waals surface area contributed by atoms with Gasteiger partial charge in [-0.1, -0.05) is 303 Å². The van der Waals surface area contributed by atoms with Gasteiger partial charge in [-0.15, -0.1) is 0 Å². The first-order chi connectivity index (χ1) is 56.9. The van der Waals surface area contributed by atoms with Gasteiger partial charge in [0.2, 0.25) is 0 Å². The number of nitrogens with zero attached hydrogens (tertiary/aromatic N) is 4. The van der Waals surface area contributed by atoms with Crippen LogP contribution in [0.25, 0.3) is 162 Å². The van der Waals surface area contributed by atoms with Crippen LogP contribution < -0.4 is 9.47 Å². The molecule has 4 heterocycles. The molecule has 24 rings (SSSR count). The highest BCUT2D eigenvalue weighted by Crippen LogP contribution is 2.65. The van der Waals surface area contributed by atoms with Gasteiger partial charge in [0.1, 0.15) is 23.0 Å². The second kappa shape index (κ2) is 25.3. The summed E-state index contributed by atoms with van der Waals surface area (Å²) in [6, 6.07) is 137. The predicted octanol–water partition coefficient (Wildman–Crippen LogP) is 27.2. The molecule has 0 N–H and O–H groups in total. The number of allylic oxidation sites excluding steroid dienone is 1. The van der Waals surface area contributed by atoms with E-state index in [1.165, 1.54) is 82.6 Å². The SMILES string of the molecule is C1=Cc2cc(-c3cc(-c4cccc(-c5ccc6c(c5)C5(c7ccccc7O6)c6ccccc6-c6ccc(-c7ccc(-c8nc(-c9cccc(-c%10ccc%11c(c%10)C%10(c%12ccccc%12O%11)c%11ccccc%11-c%11ccccc%11%10)c9)cc(-c9ccc%10c(ccc%11ccccc%11%10)c9)n8)cc7)cc65)c4)nc(-c4ccccc4)n3)cc3cccc(c23)C1. The third kappa shape index (κ3) is 9.95. The van der Waals surface area contributed by atoms with Crippen LogP contribution in [0.2, 0.25) is 0 Å². The van der Waals surface area contributed by atoms with Gasteiger partial charge < -0.3 is 9.47 Å². The quantitative estimate of drug-likeness (QED) is 0.134. The molecule has 0 saturated heterocycles. The van der Waals surface area contributed by atoms with E-state index in [1.807, 2.05) is 6.07 Å². The van der Waals surface area contributed by atoms with Crippen molar-refractivity contribution in [3.05, 3.63) is 438 Å². The summed E-state index contributed by atoms with van der Waals surface area (Å²) in [5.74, 6) is 4.69. The summed E-state index contributed by atoms with van der Waals surface area (Å²) >= 11 is 0. The average molecular weight is 1460 g/mol. The van der Waals surface area contributed by atoms with Crippen LogP contribution in [0.3, 0.4) is 0 Å². The molecule has 17 aromatic carbocycles. The Balaban J connectivity index is 0.612. The molecule has 534 valence electrons. The van der Waals surface area contributed by atoms with Gasteiger partial charge in [0, 0.05) is 55.6 Å². The lowest BCUT2D eigenvalue weighted by atomic mass is 9.65. The molecule has 6 heteroatoms. The van der Waals surface area contributed by atoms with Gasteiger partial charge >= 0.3 is 0 Å². The lowest BCUT2D eigenvalue weighted by Gasteiger charge is -2.39. The first kappa shape index (κ1) is 64.8. The summed E-state index contributed by atoms with van der Waals surface area (Å²) in [6.45, 7) is 0. The van der Waals surface area contributed by atoms with E-state index in [-0.39, 0.29) is 0 Å². The molecule has 2 aromatic heterocycles. The van der Waals surface area contributed by atoms with Crippen molar-refractivity contribution in [2.45, 2.75) is 17.3 Å². The van der Waals surface area contributed by atoms with E-state index in [0.717, 1.165) is 147 Å². The largest absolute Gasteiger partial charge is 0.457 e. The van der Waals surface area contributed by atoms with Crippen molar-refractivity contribution in [2.24, 2.45) is 0 Å². The molecule has 2 aliphatic heterocycles. The maximum Gasteiger partial charge on any atom is 0.160 e. The first-order valence-corrected chi connectivity index (χ1v) is 39.5. The number of fused-ring (bicyclic) bond motifs is 21. The molecule has 6 nitrogen and oxygen atoms in total. The van der Waals surface area contributed by atoms with E-state index >= 15 is 0 Å². The molecule has 0 fully saturated rings. The average Bonchev–Trinajstić information content (AvgIpc) is 1.52. The van der Waals surface area contributed by atoms with Crippen molar-refractivity contribution in [3.8, 4) is 146 Å². The highest BCUT2D eigenvalue weighted by molar-refractivity contribution is 6.09. The second-order valence-electron chi connectivity index (χ2n) is 31.0. The van der Waals surface area contributed by atoms with Crippen molar-refractivity contribution < 1.29 is 9.47 Å². The monoisotopic (exact) mass is 1460 g/mol. The molecule has 2 spiro atoms. The van der Waals surface area contributed by atoms with Crippen molar-refractivity contribution >= 4 is 38.4 Å². The fraction of sp³-hybridized carbons (Fsp3) is 0.0275. The summed E-state index contributed by atoms with van der Waals surface area (Å²) < 4.78 is 14.0. The highest BCUT2D eigenvalue weighted by Gasteiger charge is 2.53. The Morgan fingerprint density at radius 3 is 1.25 bits per heavy atom. The Bertz CT molecular complexity index is 7360. The zero-order valence-corrected chi connectivity index (χ0v) is 62.3. The van der Waals surface area contributed by atoms with E-state index < -0.39 is 10.8 Å². The molecule has 1 atom stereocenters. The molecule has 0 bridgehead atoms. The number of benzene rings is 17. The Labute approximate surface area is 665 Å². The van der Waals surface area contributed by atoms with Crippen molar-refractivity contribution in [3.63, 3.8) is 0 Å². The van der Waals surface area contributed by atoms with Gasteiger partial charge in [0.15, 0.2) is 11.6 Å². The fourth-order valence-corrected chi connectivity index (χ4v) is 19.6. The number of para-hydroxylation sites is 2. The molecule has 5 aliphatic rings. The van der Waals surface area contributed by atoms with Gasteiger partial charge in [-0.3, -0.25) is 0 Å². The van der Waals surface area contributed by atoms with Crippen LogP contribution in [0.1, 0.15) is 55.6 Å². The van der Waals surface area contributed by atoms with Crippen LogP contribution in [-0.2, 0) is 17.3 Å². The lowest BCUT2D eigenvalue weighted by molar-refractivity contribution is 0.436. The van der Waals surface area contributed by atoms with Crippen molar-refractivity contribution in [1.29, 1.82) is 0 Å². The molecular formula is C109H66N4O2. The Morgan fingerprint density at radius 1 is 0.226 bits per heavy atom. The van der Waals surface area contributed by atoms with Gasteiger partial charge in [-0.05, 0) is 213 Å². The number of hydrogen-bond donors (Lipinski definition) is 0. The highest BCUT2D eigenvalue weighted by atomic mass is 16.5. The zero-order chi connectivity index (χ0) is 75.5. The Kier molecular flexibility index (Phi) is 14.2. The number of aromatic nitrogens is 4. The van der Waals surface area contributed by atoms with Crippen LogP contribution >= 0.6 is 0 Å². The summed E-state index contributed by atoms with van der Waals surface area (Å²) in [6.07, 6.45) is 5.45. The summed E-state index contributed by atoms with van der Waals surface area (Å²) in [7, 11) is 0. The van der Waals surface area contributed by atoms with E-state index in [4.69, 9.17) is 29.4 Å². The lowest BCUT2D eigenvalue weighted by Crippen LogP contribution is -2.32. The maximum atomic E-state index is 7.07. The molecule has 3 aliphatic carbocycles. The third-order valence-electron chi connectivity index (χ3n) is 24.8. The molecule has 0 radical (unpaired) electrons. The van der Waals surface area contributed by atoms with Gasteiger partial charge in [0.05, 0.1) is 33.6 Å². The normalized spacial score (nSPS) is 14.4. The first-order valence-electron chi connectivity index (χ1n) is 39.5. The smallest absolute Gasteiger partial charge is 0.160 e. The number of hydrogen-bond acceptors (Lipinski definition) is 6. The van der Waals surface area contributed by atoms with Crippen LogP contribution in [0.15, 0.2) is 382 Å². The topological polar surface area (TPSA) is 70.0 Å². The number of ether oxygens (including phenoxy) is 2. The Hall–Kier alpha value is -15.0. The van der Waals surface area contributed by atoms with Gasteiger partial charge in [-0.25, -0.2) is 19.9 Å². The van der Waals surface area contributed by atoms with Crippen molar-refractivity contribution in [2.75, 3.05) is 0 Å². The van der Waals surface area contributed by atoms with Gasteiger partial charge in [-0.2, -0.15) is 0 Å². The molecular weight excluding hydrogens is 1400 g/mol.